The van der Waals surface area contributed by atoms with Crippen molar-refractivity contribution in [3.63, 3.8) is 0 Å². The topological polar surface area (TPSA) is 38.8 Å². The first-order chi connectivity index (χ1) is 8.20. The van der Waals surface area contributed by atoms with Gasteiger partial charge in [-0.15, -0.1) is 0 Å². The maximum absolute atomic E-state index is 11.6. The van der Waals surface area contributed by atoms with E-state index in [1.165, 1.54) is 0 Å². The van der Waals surface area contributed by atoms with Crippen molar-refractivity contribution in [1.29, 1.82) is 0 Å². The number of aryl methyl sites for hydroxylation is 1. The van der Waals surface area contributed by atoms with Gasteiger partial charge in [0, 0.05) is 13.1 Å². The molecule has 1 fully saturated rings. The minimum atomic E-state index is 0.0406. The number of nitrogens with zero attached hydrogens (tertiary/aromatic N) is 1. The number of rotatable bonds is 4. The summed E-state index contributed by atoms with van der Waals surface area (Å²) in [6.07, 6.45) is 1.10. The van der Waals surface area contributed by atoms with Gasteiger partial charge in [0.2, 0.25) is 0 Å². The molecule has 1 aromatic rings. The molecule has 0 spiro atoms. The average molecular weight is 235 g/mol. The van der Waals surface area contributed by atoms with E-state index in [4.69, 9.17) is 9.47 Å². The average Bonchev–Trinajstić information content (AvgIpc) is 2.24. The van der Waals surface area contributed by atoms with E-state index in [0.29, 0.717) is 11.5 Å². The third-order valence-corrected chi connectivity index (χ3v) is 2.88. The van der Waals surface area contributed by atoms with Gasteiger partial charge in [-0.1, -0.05) is 6.07 Å². The lowest BCUT2D eigenvalue weighted by molar-refractivity contribution is -0.136. The molecular weight excluding hydrogens is 218 g/mol. The van der Waals surface area contributed by atoms with Crippen LogP contribution in [0.2, 0.25) is 0 Å². The van der Waals surface area contributed by atoms with Crippen LogP contribution in [0.15, 0.2) is 18.2 Å². The van der Waals surface area contributed by atoms with Crippen molar-refractivity contribution in [1.82, 2.24) is 4.90 Å². The van der Waals surface area contributed by atoms with Crippen LogP contribution < -0.4 is 9.47 Å². The van der Waals surface area contributed by atoms with Crippen LogP contribution in [0, 0.1) is 6.92 Å². The van der Waals surface area contributed by atoms with Gasteiger partial charge in [0.05, 0.1) is 7.11 Å². The first-order valence-corrected chi connectivity index (χ1v) is 5.76. The molecule has 0 N–H and O–H groups in total. The zero-order valence-electron chi connectivity index (χ0n) is 10.2. The van der Waals surface area contributed by atoms with Crippen molar-refractivity contribution in [3.05, 3.63) is 23.8 Å². The Hall–Kier alpha value is -1.71. The minimum absolute atomic E-state index is 0.0406. The number of carbonyl (C=O) groups excluding carboxylic acids is 1. The second-order valence-electron chi connectivity index (χ2n) is 4.18. The second-order valence-corrected chi connectivity index (χ2v) is 4.18. The van der Waals surface area contributed by atoms with Crippen LogP contribution in [0.3, 0.4) is 0 Å². The van der Waals surface area contributed by atoms with Crippen molar-refractivity contribution in [2.75, 3.05) is 26.8 Å². The molecule has 4 heteroatoms. The Morgan fingerprint density at radius 2 is 2.12 bits per heavy atom. The highest BCUT2D eigenvalue weighted by Gasteiger charge is 2.20. The quantitative estimate of drug-likeness (QED) is 0.796. The van der Waals surface area contributed by atoms with E-state index in [0.717, 1.165) is 25.1 Å². The van der Waals surface area contributed by atoms with Crippen LogP contribution in [0.4, 0.5) is 0 Å². The number of hydrogen-bond donors (Lipinski definition) is 0. The third-order valence-electron chi connectivity index (χ3n) is 2.88. The fraction of sp³-hybridized carbons (Fsp3) is 0.462. The molecule has 0 bridgehead atoms. The van der Waals surface area contributed by atoms with Gasteiger partial charge in [-0.2, -0.15) is 0 Å². The fourth-order valence-electron chi connectivity index (χ4n) is 1.69. The van der Waals surface area contributed by atoms with Gasteiger partial charge in [-0.3, -0.25) is 4.79 Å². The molecule has 1 aliphatic heterocycles. The highest BCUT2D eigenvalue weighted by Crippen LogP contribution is 2.27. The highest BCUT2D eigenvalue weighted by atomic mass is 16.5. The van der Waals surface area contributed by atoms with Crippen molar-refractivity contribution in [2.45, 2.75) is 13.3 Å². The SMILES string of the molecule is COc1cc(C)ccc1OCC(=O)N1CCC1. The van der Waals surface area contributed by atoms with Gasteiger partial charge < -0.3 is 14.4 Å². The fourth-order valence-corrected chi connectivity index (χ4v) is 1.69. The molecule has 92 valence electrons. The molecule has 0 saturated carbocycles. The zero-order valence-corrected chi connectivity index (χ0v) is 10.2. The van der Waals surface area contributed by atoms with E-state index in [9.17, 15) is 4.79 Å². The van der Waals surface area contributed by atoms with Gasteiger partial charge in [0.15, 0.2) is 18.1 Å². The summed E-state index contributed by atoms with van der Waals surface area (Å²) in [4.78, 5) is 13.4. The van der Waals surface area contributed by atoms with Gasteiger partial charge in [-0.25, -0.2) is 0 Å². The van der Waals surface area contributed by atoms with E-state index >= 15 is 0 Å². The molecule has 0 atom stereocenters. The molecule has 0 aromatic heterocycles. The standard InChI is InChI=1S/C13H17NO3/c1-10-4-5-11(12(8-10)16-2)17-9-13(15)14-6-3-7-14/h4-5,8H,3,6-7,9H2,1-2H3. The summed E-state index contributed by atoms with van der Waals surface area (Å²) in [5, 5.41) is 0. The minimum Gasteiger partial charge on any atom is -0.493 e. The summed E-state index contributed by atoms with van der Waals surface area (Å²) < 4.78 is 10.7. The third kappa shape index (κ3) is 2.70. The normalized spacial score (nSPS) is 14.1. The van der Waals surface area contributed by atoms with Crippen molar-refractivity contribution >= 4 is 5.91 Å². The van der Waals surface area contributed by atoms with Crippen LogP contribution in [-0.2, 0) is 4.79 Å². The largest absolute Gasteiger partial charge is 0.493 e. The van der Waals surface area contributed by atoms with E-state index in [1.807, 2.05) is 25.1 Å². The van der Waals surface area contributed by atoms with Gasteiger partial charge >= 0.3 is 0 Å². The highest BCUT2D eigenvalue weighted by molar-refractivity contribution is 5.78. The lowest BCUT2D eigenvalue weighted by Gasteiger charge is -2.30. The molecule has 0 unspecified atom stereocenters. The van der Waals surface area contributed by atoms with Gasteiger partial charge in [0.25, 0.3) is 5.91 Å². The maximum atomic E-state index is 11.6. The van der Waals surface area contributed by atoms with Gasteiger partial charge in [0.1, 0.15) is 0 Å². The predicted molar refractivity (Wildman–Crippen MR) is 64.4 cm³/mol. The molecule has 0 radical (unpaired) electrons. The summed E-state index contributed by atoms with van der Waals surface area (Å²) in [7, 11) is 1.60. The molecule has 17 heavy (non-hydrogen) atoms. The number of carbonyl (C=O) groups is 1. The Bertz CT molecular complexity index is 413. The van der Waals surface area contributed by atoms with Gasteiger partial charge in [-0.05, 0) is 31.0 Å². The maximum Gasteiger partial charge on any atom is 0.260 e. The Morgan fingerprint density at radius 3 is 2.71 bits per heavy atom. The number of hydrogen-bond acceptors (Lipinski definition) is 3. The second kappa shape index (κ2) is 5.08. The lowest BCUT2D eigenvalue weighted by atomic mass is 10.2. The van der Waals surface area contributed by atoms with Crippen molar-refractivity contribution < 1.29 is 14.3 Å². The summed E-state index contributed by atoms with van der Waals surface area (Å²) >= 11 is 0. The smallest absolute Gasteiger partial charge is 0.260 e. The molecular formula is C13H17NO3. The number of methoxy groups -OCH3 is 1. The number of ether oxygens (including phenoxy) is 2. The molecule has 1 saturated heterocycles. The molecule has 4 nitrogen and oxygen atoms in total. The molecule has 2 rings (SSSR count). The first kappa shape index (κ1) is 11.8. The van der Waals surface area contributed by atoms with Crippen LogP contribution in [0.25, 0.3) is 0 Å². The van der Waals surface area contributed by atoms with Crippen LogP contribution >= 0.6 is 0 Å². The number of benzene rings is 1. The van der Waals surface area contributed by atoms with E-state index in [-0.39, 0.29) is 12.5 Å². The number of likely N-dealkylation sites (tertiary alicyclic amines) is 1. The van der Waals surface area contributed by atoms with Crippen LogP contribution in [-0.4, -0.2) is 37.6 Å². The van der Waals surface area contributed by atoms with Crippen molar-refractivity contribution in [3.8, 4) is 11.5 Å². The lowest BCUT2D eigenvalue weighted by Crippen LogP contribution is -2.44. The first-order valence-electron chi connectivity index (χ1n) is 5.76. The Labute approximate surface area is 101 Å². The Morgan fingerprint density at radius 1 is 1.35 bits per heavy atom. The van der Waals surface area contributed by atoms with E-state index < -0.39 is 0 Å². The van der Waals surface area contributed by atoms with E-state index in [2.05, 4.69) is 0 Å². The van der Waals surface area contributed by atoms with Crippen molar-refractivity contribution in [2.24, 2.45) is 0 Å². The molecule has 1 amide bonds. The molecule has 0 aliphatic carbocycles. The van der Waals surface area contributed by atoms with Crippen LogP contribution in [0.5, 0.6) is 11.5 Å². The Kier molecular flexibility index (Phi) is 3.52. The predicted octanol–water partition coefficient (Wildman–Crippen LogP) is 1.61. The molecule has 1 aliphatic rings. The number of amides is 1. The summed E-state index contributed by atoms with van der Waals surface area (Å²) in [5.74, 6) is 1.33. The monoisotopic (exact) mass is 235 g/mol. The summed E-state index contributed by atoms with van der Waals surface area (Å²) in [6, 6.07) is 5.66. The van der Waals surface area contributed by atoms with Crippen LogP contribution in [0.1, 0.15) is 12.0 Å². The molecule has 1 heterocycles. The Balaban J connectivity index is 1.95. The summed E-state index contributed by atoms with van der Waals surface area (Å²) in [6.45, 7) is 3.78. The zero-order chi connectivity index (χ0) is 12.3. The summed E-state index contributed by atoms with van der Waals surface area (Å²) in [5.41, 5.74) is 1.10. The van der Waals surface area contributed by atoms with E-state index in [1.54, 1.807) is 12.0 Å². The molecule has 1 aromatic carbocycles.